The van der Waals surface area contributed by atoms with Gasteiger partial charge < -0.3 is 10.1 Å². The molecular formula is C18H14Cl2N2O4. The van der Waals surface area contributed by atoms with Crippen molar-refractivity contribution in [1.29, 1.82) is 0 Å². The molecule has 2 aromatic carbocycles. The maximum absolute atomic E-state index is 12.4. The van der Waals surface area contributed by atoms with Gasteiger partial charge in [0.1, 0.15) is 12.3 Å². The summed E-state index contributed by atoms with van der Waals surface area (Å²) in [5, 5.41) is 2.98. The monoisotopic (exact) mass is 392 g/mol. The summed E-state index contributed by atoms with van der Waals surface area (Å²) in [5.74, 6) is -0.976. The molecule has 0 unspecified atom stereocenters. The van der Waals surface area contributed by atoms with Gasteiger partial charge in [-0.1, -0.05) is 23.2 Å². The van der Waals surface area contributed by atoms with Crippen LogP contribution in [0.3, 0.4) is 0 Å². The van der Waals surface area contributed by atoms with Gasteiger partial charge in [0.15, 0.2) is 0 Å². The molecule has 26 heavy (non-hydrogen) atoms. The lowest BCUT2D eigenvalue weighted by molar-refractivity contribution is -0.116. The first-order valence-electron chi connectivity index (χ1n) is 7.78. The van der Waals surface area contributed by atoms with E-state index in [1.54, 1.807) is 24.3 Å². The number of carbonyl (C=O) groups is 3. The first kappa shape index (κ1) is 18.2. The highest BCUT2D eigenvalue weighted by Crippen LogP contribution is 2.31. The molecule has 3 amide bonds. The molecule has 0 atom stereocenters. The average molecular weight is 393 g/mol. The Balaban J connectivity index is 1.70. The van der Waals surface area contributed by atoms with E-state index in [2.05, 4.69) is 5.32 Å². The fraction of sp³-hybridized carbons (Fsp3) is 0.167. The maximum Gasteiger partial charge on any atom is 0.262 e. The van der Waals surface area contributed by atoms with E-state index in [4.69, 9.17) is 27.9 Å². The fourth-order valence-corrected chi connectivity index (χ4v) is 2.90. The summed E-state index contributed by atoms with van der Waals surface area (Å²) in [4.78, 5) is 37.8. The van der Waals surface area contributed by atoms with E-state index in [-0.39, 0.29) is 21.2 Å². The molecule has 0 aliphatic carbocycles. The standard InChI is InChI=1S/C18H14Cl2N2O4/c1-2-26-11-5-3-10(4-6-11)21-16(23)9-22-17(24)12-7-14(19)15(20)8-13(12)18(22)25/h3-8H,2,9H2,1H3,(H,21,23). The van der Waals surface area contributed by atoms with Gasteiger partial charge in [0.25, 0.3) is 11.8 Å². The van der Waals surface area contributed by atoms with Crippen molar-refractivity contribution < 1.29 is 19.1 Å². The number of ether oxygens (including phenoxy) is 1. The highest BCUT2D eigenvalue weighted by molar-refractivity contribution is 6.43. The van der Waals surface area contributed by atoms with E-state index < -0.39 is 24.3 Å². The highest BCUT2D eigenvalue weighted by Gasteiger charge is 2.37. The first-order valence-corrected chi connectivity index (χ1v) is 8.54. The smallest absolute Gasteiger partial charge is 0.262 e. The Morgan fingerprint density at radius 3 is 2.08 bits per heavy atom. The second kappa shape index (κ2) is 7.35. The Kier molecular flexibility index (Phi) is 5.15. The summed E-state index contributed by atoms with van der Waals surface area (Å²) in [5.41, 5.74) is 0.803. The van der Waals surface area contributed by atoms with Crippen molar-refractivity contribution >= 4 is 46.6 Å². The van der Waals surface area contributed by atoms with E-state index in [0.29, 0.717) is 18.0 Å². The topological polar surface area (TPSA) is 75.7 Å². The quantitative estimate of drug-likeness (QED) is 0.788. The Bertz CT molecular complexity index is 856. The number of amides is 3. The number of halogens is 2. The van der Waals surface area contributed by atoms with Crippen LogP contribution in [0.25, 0.3) is 0 Å². The zero-order chi connectivity index (χ0) is 18.8. The van der Waals surface area contributed by atoms with Gasteiger partial charge in [0.05, 0.1) is 27.8 Å². The van der Waals surface area contributed by atoms with Crippen molar-refractivity contribution in [2.24, 2.45) is 0 Å². The van der Waals surface area contributed by atoms with Gasteiger partial charge in [-0.3, -0.25) is 19.3 Å². The number of benzene rings is 2. The molecule has 0 aromatic heterocycles. The lowest BCUT2D eigenvalue weighted by Gasteiger charge is -2.13. The minimum absolute atomic E-state index is 0.137. The van der Waals surface area contributed by atoms with E-state index in [1.165, 1.54) is 12.1 Å². The van der Waals surface area contributed by atoms with Gasteiger partial charge in [-0.05, 0) is 43.3 Å². The normalized spacial score (nSPS) is 13.0. The first-order chi connectivity index (χ1) is 12.4. The second-order valence-corrected chi connectivity index (χ2v) is 6.33. The summed E-state index contributed by atoms with van der Waals surface area (Å²) in [6.45, 7) is 2.01. The molecular weight excluding hydrogens is 379 g/mol. The number of fused-ring (bicyclic) bond motifs is 1. The molecule has 0 radical (unpaired) electrons. The van der Waals surface area contributed by atoms with E-state index in [1.807, 2.05) is 6.92 Å². The van der Waals surface area contributed by atoms with Crippen molar-refractivity contribution in [3.63, 3.8) is 0 Å². The van der Waals surface area contributed by atoms with Gasteiger partial charge in [-0.2, -0.15) is 0 Å². The third-order valence-electron chi connectivity index (χ3n) is 3.76. The number of carbonyl (C=O) groups excluding carboxylic acids is 3. The number of hydrogen-bond donors (Lipinski definition) is 1. The molecule has 0 saturated carbocycles. The Labute approximate surface area is 159 Å². The van der Waals surface area contributed by atoms with Crippen molar-refractivity contribution in [3.05, 3.63) is 57.6 Å². The van der Waals surface area contributed by atoms with Crippen LogP contribution in [0, 0.1) is 0 Å². The van der Waals surface area contributed by atoms with Crippen LogP contribution in [0.4, 0.5) is 5.69 Å². The molecule has 1 heterocycles. The number of imide groups is 1. The fourth-order valence-electron chi connectivity index (χ4n) is 2.57. The molecule has 0 bridgehead atoms. The second-order valence-electron chi connectivity index (χ2n) is 5.51. The molecule has 0 spiro atoms. The van der Waals surface area contributed by atoms with Crippen LogP contribution in [0.1, 0.15) is 27.6 Å². The SMILES string of the molecule is CCOc1ccc(NC(=O)CN2C(=O)c3cc(Cl)c(Cl)cc3C2=O)cc1. The van der Waals surface area contributed by atoms with Crippen molar-refractivity contribution in [1.82, 2.24) is 4.90 Å². The molecule has 2 aromatic rings. The zero-order valence-electron chi connectivity index (χ0n) is 13.7. The van der Waals surface area contributed by atoms with Crippen LogP contribution in [0.2, 0.25) is 10.0 Å². The average Bonchev–Trinajstić information content (AvgIpc) is 2.82. The summed E-state index contributed by atoms with van der Waals surface area (Å²) < 4.78 is 5.32. The van der Waals surface area contributed by atoms with E-state index in [0.717, 1.165) is 4.90 Å². The molecule has 0 saturated heterocycles. The van der Waals surface area contributed by atoms with Crippen LogP contribution in [-0.4, -0.2) is 35.8 Å². The van der Waals surface area contributed by atoms with Gasteiger partial charge in [-0.15, -0.1) is 0 Å². The lowest BCUT2D eigenvalue weighted by atomic mass is 10.1. The minimum Gasteiger partial charge on any atom is -0.494 e. The van der Waals surface area contributed by atoms with Crippen LogP contribution in [-0.2, 0) is 4.79 Å². The number of nitrogens with zero attached hydrogens (tertiary/aromatic N) is 1. The summed E-state index contributed by atoms with van der Waals surface area (Å²) in [7, 11) is 0. The van der Waals surface area contributed by atoms with Gasteiger partial charge >= 0.3 is 0 Å². The van der Waals surface area contributed by atoms with Crippen molar-refractivity contribution in [2.45, 2.75) is 6.92 Å². The Morgan fingerprint density at radius 2 is 1.58 bits per heavy atom. The molecule has 6 nitrogen and oxygen atoms in total. The third kappa shape index (κ3) is 3.52. The van der Waals surface area contributed by atoms with Crippen LogP contribution < -0.4 is 10.1 Å². The van der Waals surface area contributed by atoms with Crippen molar-refractivity contribution in [3.8, 4) is 5.75 Å². The molecule has 8 heteroatoms. The largest absolute Gasteiger partial charge is 0.494 e. The molecule has 3 rings (SSSR count). The number of nitrogens with one attached hydrogen (secondary N) is 1. The number of rotatable bonds is 5. The maximum atomic E-state index is 12.4. The van der Waals surface area contributed by atoms with E-state index >= 15 is 0 Å². The van der Waals surface area contributed by atoms with Crippen LogP contribution in [0.15, 0.2) is 36.4 Å². The molecule has 134 valence electrons. The summed E-state index contributed by atoms with van der Waals surface area (Å²) in [6, 6.07) is 9.44. The molecule has 0 fully saturated rings. The van der Waals surface area contributed by atoms with Crippen molar-refractivity contribution in [2.75, 3.05) is 18.5 Å². The summed E-state index contributed by atoms with van der Waals surface area (Å²) >= 11 is 11.8. The minimum atomic E-state index is -0.578. The summed E-state index contributed by atoms with van der Waals surface area (Å²) in [6.07, 6.45) is 0. The Hall–Kier alpha value is -2.57. The van der Waals surface area contributed by atoms with Crippen LogP contribution >= 0.6 is 23.2 Å². The third-order valence-corrected chi connectivity index (χ3v) is 4.48. The molecule has 1 N–H and O–H groups in total. The molecule has 1 aliphatic heterocycles. The van der Waals surface area contributed by atoms with Gasteiger partial charge in [0, 0.05) is 5.69 Å². The highest BCUT2D eigenvalue weighted by atomic mass is 35.5. The zero-order valence-corrected chi connectivity index (χ0v) is 15.2. The van der Waals surface area contributed by atoms with Gasteiger partial charge in [-0.25, -0.2) is 0 Å². The lowest BCUT2D eigenvalue weighted by Crippen LogP contribution is -2.37. The van der Waals surface area contributed by atoms with Crippen LogP contribution in [0.5, 0.6) is 5.75 Å². The van der Waals surface area contributed by atoms with E-state index in [9.17, 15) is 14.4 Å². The van der Waals surface area contributed by atoms with Gasteiger partial charge in [0.2, 0.25) is 5.91 Å². The number of anilines is 1. The Morgan fingerprint density at radius 1 is 1.04 bits per heavy atom. The predicted molar refractivity (Wildman–Crippen MR) is 98.1 cm³/mol. The molecule has 1 aliphatic rings. The predicted octanol–water partition coefficient (Wildman–Crippen LogP) is 3.63. The number of hydrogen-bond acceptors (Lipinski definition) is 4.